The van der Waals surface area contributed by atoms with Gasteiger partial charge in [0.15, 0.2) is 0 Å². The van der Waals surface area contributed by atoms with Gasteiger partial charge in [-0.1, -0.05) is 6.07 Å². The second kappa shape index (κ2) is 3.81. The van der Waals surface area contributed by atoms with Crippen molar-refractivity contribution in [2.75, 3.05) is 11.4 Å². The van der Waals surface area contributed by atoms with Gasteiger partial charge in [0.05, 0.1) is 5.56 Å². The minimum absolute atomic E-state index is 0.388. The lowest BCUT2D eigenvalue weighted by atomic mass is 10.2. The molecule has 0 spiro atoms. The van der Waals surface area contributed by atoms with Gasteiger partial charge in [0, 0.05) is 18.7 Å². The van der Waals surface area contributed by atoms with E-state index in [9.17, 15) is 13.2 Å². The van der Waals surface area contributed by atoms with Crippen LogP contribution < -0.4 is 4.90 Å². The SMILES string of the molecule is N=C1CCCN1c1cccc(C(F)(F)F)c1. The first-order valence-electron chi connectivity index (χ1n) is 5.01. The molecule has 16 heavy (non-hydrogen) atoms. The van der Waals surface area contributed by atoms with Crippen molar-refractivity contribution in [1.29, 1.82) is 5.41 Å². The highest BCUT2D eigenvalue weighted by Gasteiger charge is 2.31. The van der Waals surface area contributed by atoms with Gasteiger partial charge < -0.3 is 4.90 Å². The number of alkyl halides is 3. The Morgan fingerprint density at radius 2 is 2.00 bits per heavy atom. The molecule has 0 bridgehead atoms. The molecule has 0 unspecified atom stereocenters. The molecule has 0 saturated carbocycles. The maximum Gasteiger partial charge on any atom is 0.416 e. The second-order valence-electron chi connectivity index (χ2n) is 3.75. The second-order valence-corrected chi connectivity index (χ2v) is 3.75. The minimum atomic E-state index is -4.32. The van der Waals surface area contributed by atoms with E-state index in [-0.39, 0.29) is 0 Å². The predicted molar refractivity (Wildman–Crippen MR) is 55.8 cm³/mol. The van der Waals surface area contributed by atoms with Crippen LogP contribution in [0, 0.1) is 5.41 Å². The Balaban J connectivity index is 2.32. The van der Waals surface area contributed by atoms with Crippen molar-refractivity contribution in [2.45, 2.75) is 19.0 Å². The van der Waals surface area contributed by atoms with Crippen molar-refractivity contribution in [3.8, 4) is 0 Å². The molecule has 1 N–H and O–H groups in total. The number of hydrogen-bond acceptors (Lipinski definition) is 1. The monoisotopic (exact) mass is 228 g/mol. The Morgan fingerprint density at radius 3 is 2.56 bits per heavy atom. The van der Waals surface area contributed by atoms with Crippen LogP contribution in [0.25, 0.3) is 0 Å². The molecule has 0 aromatic heterocycles. The summed E-state index contributed by atoms with van der Waals surface area (Å²) in [6, 6.07) is 5.13. The quantitative estimate of drug-likeness (QED) is 0.784. The lowest BCUT2D eigenvalue weighted by Gasteiger charge is -2.19. The number of anilines is 1. The average molecular weight is 228 g/mol. The maximum atomic E-state index is 12.5. The molecule has 2 nitrogen and oxygen atoms in total. The van der Waals surface area contributed by atoms with Gasteiger partial charge in [-0.25, -0.2) is 0 Å². The van der Waals surface area contributed by atoms with Crippen LogP contribution in [0.4, 0.5) is 18.9 Å². The van der Waals surface area contributed by atoms with Gasteiger partial charge in [-0.3, -0.25) is 5.41 Å². The summed E-state index contributed by atoms with van der Waals surface area (Å²) in [4.78, 5) is 1.62. The Kier molecular flexibility index (Phi) is 2.61. The van der Waals surface area contributed by atoms with Gasteiger partial charge in [-0.05, 0) is 24.6 Å². The first kappa shape index (κ1) is 11.0. The Labute approximate surface area is 91.2 Å². The molecule has 0 aliphatic carbocycles. The fourth-order valence-corrected chi connectivity index (χ4v) is 1.81. The number of hydrogen-bond donors (Lipinski definition) is 1. The summed E-state index contributed by atoms with van der Waals surface area (Å²) in [6.45, 7) is 0.625. The van der Waals surface area contributed by atoms with Crippen molar-refractivity contribution in [2.24, 2.45) is 0 Å². The number of rotatable bonds is 1. The highest BCUT2D eigenvalue weighted by atomic mass is 19.4. The predicted octanol–water partition coefficient (Wildman–Crippen LogP) is 3.28. The zero-order valence-electron chi connectivity index (χ0n) is 8.51. The summed E-state index contributed by atoms with van der Waals surface area (Å²) < 4.78 is 37.4. The van der Waals surface area contributed by atoms with Crippen LogP contribution in [0.15, 0.2) is 24.3 Å². The van der Waals surface area contributed by atoms with Gasteiger partial charge in [0.1, 0.15) is 5.84 Å². The summed E-state index contributed by atoms with van der Waals surface area (Å²) in [5, 5.41) is 7.61. The first-order chi connectivity index (χ1) is 7.48. The van der Waals surface area contributed by atoms with E-state index in [0.717, 1.165) is 18.6 Å². The van der Waals surface area contributed by atoms with Crippen molar-refractivity contribution >= 4 is 11.5 Å². The third-order valence-electron chi connectivity index (χ3n) is 2.61. The molecule has 1 aliphatic heterocycles. The largest absolute Gasteiger partial charge is 0.416 e. The molecule has 1 aromatic carbocycles. The molecule has 1 aromatic rings. The molecule has 2 rings (SSSR count). The molecule has 1 heterocycles. The zero-order valence-corrected chi connectivity index (χ0v) is 8.51. The van der Waals surface area contributed by atoms with Crippen molar-refractivity contribution in [3.63, 3.8) is 0 Å². The van der Waals surface area contributed by atoms with Crippen molar-refractivity contribution in [1.82, 2.24) is 0 Å². The van der Waals surface area contributed by atoms with Crippen molar-refractivity contribution < 1.29 is 13.2 Å². The lowest BCUT2D eigenvalue weighted by Crippen LogP contribution is -2.23. The van der Waals surface area contributed by atoms with Gasteiger partial charge in [0.25, 0.3) is 0 Å². The van der Waals surface area contributed by atoms with E-state index in [4.69, 9.17) is 5.41 Å². The number of nitrogens with zero attached hydrogens (tertiary/aromatic N) is 1. The van der Waals surface area contributed by atoms with Crippen LogP contribution in [0.2, 0.25) is 0 Å². The van der Waals surface area contributed by atoms with Gasteiger partial charge in [0.2, 0.25) is 0 Å². The van der Waals surface area contributed by atoms with Crippen LogP contribution in [-0.4, -0.2) is 12.4 Å². The summed E-state index contributed by atoms with van der Waals surface area (Å²) >= 11 is 0. The van der Waals surface area contributed by atoms with Gasteiger partial charge >= 0.3 is 6.18 Å². The maximum absolute atomic E-state index is 12.5. The fraction of sp³-hybridized carbons (Fsp3) is 0.364. The Bertz CT molecular complexity index is 412. The fourth-order valence-electron chi connectivity index (χ4n) is 1.81. The normalized spacial score (nSPS) is 16.9. The highest BCUT2D eigenvalue weighted by molar-refractivity contribution is 5.97. The van der Waals surface area contributed by atoms with Crippen LogP contribution in [-0.2, 0) is 6.18 Å². The Hall–Kier alpha value is -1.52. The molecular formula is C11H11F3N2. The Morgan fingerprint density at radius 1 is 1.25 bits per heavy atom. The molecule has 0 amide bonds. The number of amidine groups is 1. The van der Waals surface area contributed by atoms with Crippen LogP contribution in [0.3, 0.4) is 0 Å². The highest BCUT2D eigenvalue weighted by Crippen LogP contribution is 2.32. The molecule has 86 valence electrons. The summed E-state index contributed by atoms with van der Waals surface area (Å²) in [5.74, 6) is 0.388. The smallest absolute Gasteiger partial charge is 0.330 e. The third-order valence-corrected chi connectivity index (χ3v) is 2.61. The lowest BCUT2D eigenvalue weighted by molar-refractivity contribution is -0.137. The number of benzene rings is 1. The molecule has 1 aliphatic rings. The molecule has 1 fully saturated rings. The number of nitrogens with one attached hydrogen (secondary N) is 1. The van der Waals surface area contributed by atoms with E-state index >= 15 is 0 Å². The van der Waals surface area contributed by atoms with Gasteiger partial charge in [-0.15, -0.1) is 0 Å². The standard InChI is InChI=1S/C11H11F3N2/c12-11(13,14)8-3-1-4-9(7-8)16-6-2-5-10(16)15/h1,3-4,7,15H,2,5-6H2. The molecule has 1 saturated heterocycles. The molecule has 0 atom stereocenters. The summed E-state index contributed by atoms with van der Waals surface area (Å²) in [5.41, 5.74) is -0.206. The zero-order chi connectivity index (χ0) is 11.8. The topological polar surface area (TPSA) is 27.1 Å². The van der Waals surface area contributed by atoms with Crippen LogP contribution >= 0.6 is 0 Å². The van der Waals surface area contributed by atoms with Crippen LogP contribution in [0.5, 0.6) is 0 Å². The number of halogens is 3. The summed E-state index contributed by atoms with van der Waals surface area (Å²) in [6.07, 6.45) is -2.86. The van der Waals surface area contributed by atoms with Crippen molar-refractivity contribution in [3.05, 3.63) is 29.8 Å². The van der Waals surface area contributed by atoms with E-state index in [0.29, 0.717) is 24.5 Å². The van der Waals surface area contributed by atoms with E-state index in [1.807, 2.05) is 0 Å². The average Bonchev–Trinajstić information content (AvgIpc) is 2.63. The summed E-state index contributed by atoms with van der Waals surface area (Å²) in [7, 11) is 0. The molecule has 5 heteroatoms. The van der Waals surface area contributed by atoms with Crippen LogP contribution in [0.1, 0.15) is 18.4 Å². The molecular weight excluding hydrogens is 217 g/mol. The van der Waals surface area contributed by atoms with E-state index < -0.39 is 11.7 Å². The molecule has 0 radical (unpaired) electrons. The van der Waals surface area contributed by atoms with E-state index in [2.05, 4.69) is 0 Å². The van der Waals surface area contributed by atoms with E-state index in [1.165, 1.54) is 6.07 Å². The van der Waals surface area contributed by atoms with Gasteiger partial charge in [-0.2, -0.15) is 13.2 Å². The third kappa shape index (κ3) is 2.03. The first-order valence-corrected chi connectivity index (χ1v) is 5.01. The minimum Gasteiger partial charge on any atom is -0.330 e. The van der Waals surface area contributed by atoms with E-state index in [1.54, 1.807) is 11.0 Å².